The molecule has 70 valence electrons. The topological polar surface area (TPSA) is 99.5 Å². The molecule has 6 nitrogen and oxygen atoms in total. The largest absolute Gasteiger partial charge is 0.593 e. The first-order valence-electron chi connectivity index (χ1n) is 3.55. The van der Waals surface area contributed by atoms with Gasteiger partial charge >= 0.3 is 5.97 Å². The van der Waals surface area contributed by atoms with Gasteiger partial charge in [0.05, 0.1) is 10.7 Å². The van der Waals surface area contributed by atoms with Crippen LogP contribution in [0.25, 0.3) is 0 Å². The third-order valence-corrected chi connectivity index (χ3v) is 1.45. The molecule has 1 aromatic rings. The normalized spacial score (nSPS) is 10.6. The smallest absolute Gasteiger partial charge is 0.335 e. The number of benzene rings is 1. The number of azo groups is 1. The molecule has 0 atom stereocenters. The molecule has 0 aromatic heterocycles. The van der Waals surface area contributed by atoms with Crippen molar-refractivity contribution in [3.05, 3.63) is 35.0 Å². The molecule has 0 saturated heterocycles. The summed E-state index contributed by atoms with van der Waals surface area (Å²) in [6.45, 7) is 0. The number of nitrogens with zero attached hydrogens (tertiary/aromatic N) is 3. The fraction of sp³-hybridized carbons (Fsp3) is 0. The molecule has 0 radical (unpaired) electrons. The molecule has 0 fully saturated rings. The second kappa shape index (κ2) is 4.00. The Kier molecular flexibility index (Phi) is 2.76. The lowest BCUT2D eigenvalue weighted by atomic mass is 10.2. The zero-order chi connectivity index (χ0) is 10.6. The minimum atomic E-state index is -1.14. The average molecular weight is 191 g/mol. The van der Waals surface area contributed by atoms with Crippen LogP contribution in [0.1, 0.15) is 10.4 Å². The lowest BCUT2D eigenvalue weighted by Gasteiger charge is -1.97. The molecule has 0 amide bonds. The number of hydrogen-bond donors (Lipinski definition) is 1. The van der Waals surface area contributed by atoms with E-state index in [4.69, 9.17) is 10.4 Å². The maximum absolute atomic E-state index is 11.0. The summed E-state index contributed by atoms with van der Waals surface area (Å²) in [6.07, 6.45) is 1.31. The van der Waals surface area contributed by atoms with Gasteiger partial charge in [-0.3, -0.25) is 0 Å². The molecule has 0 aliphatic carbocycles. The van der Waals surface area contributed by atoms with E-state index in [0.29, 0.717) is 0 Å². The van der Waals surface area contributed by atoms with Gasteiger partial charge in [0, 0.05) is 12.1 Å². The highest BCUT2D eigenvalue weighted by Crippen LogP contribution is 2.13. The Hall–Kier alpha value is -2.42. The van der Waals surface area contributed by atoms with Gasteiger partial charge in [0.25, 0.3) is 6.19 Å². The standard InChI is InChI=1S/C8H5N3O3/c9-5-10-11(14)7-3-1-2-6(4-7)8(12)13/h1-4H,(H,12,13). The highest BCUT2D eigenvalue weighted by molar-refractivity contribution is 5.88. The molecule has 0 bridgehead atoms. The van der Waals surface area contributed by atoms with Crippen LogP contribution >= 0.6 is 0 Å². The summed E-state index contributed by atoms with van der Waals surface area (Å²) >= 11 is 0. The number of hydrogen-bond acceptors (Lipinski definition) is 4. The van der Waals surface area contributed by atoms with Crippen LogP contribution in [-0.2, 0) is 0 Å². The van der Waals surface area contributed by atoms with Crippen molar-refractivity contribution >= 4 is 11.7 Å². The van der Waals surface area contributed by atoms with Crippen LogP contribution in [-0.4, -0.2) is 15.9 Å². The maximum atomic E-state index is 11.0. The summed E-state index contributed by atoms with van der Waals surface area (Å²) < 4.78 is 0. The molecular formula is C8H5N3O3. The highest BCUT2D eigenvalue weighted by Gasteiger charge is 2.08. The molecule has 1 rings (SSSR count). The number of carboxylic acids is 1. The molecule has 1 aromatic carbocycles. The predicted octanol–water partition coefficient (Wildman–Crippen LogP) is 1.46. The first-order chi connectivity index (χ1) is 6.65. The van der Waals surface area contributed by atoms with E-state index in [1.807, 2.05) is 0 Å². The number of carboxylic acid groups (broad SMARTS) is 1. The molecule has 1 N–H and O–H groups in total. The minimum Gasteiger partial charge on any atom is -0.593 e. The van der Waals surface area contributed by atoms with Gasteiger partial charge in [-0.25, -0.2) is 4.79 Å². The third kappa shape index (κ3) is 2.04. The summed E-state index contributed by atoms with van der Waals surface area (Å²) in [6, 6.07) is 5.24. The Labute approximate surface area is 78.9 Å². The number of rotatable bonds is 2. The van der Waals surface area contributed by atoms with E-state index in [9.17, 15) is 10.0 Å². The SMILES string of the molecule is N#CN=[N+]([O-])c1cccc(C(=O)O)c1. The van der Waals surface area contributed by atoms with E-state index in [2.05, 4.69) is 5.11 Å². The van der Waals surface area contributed by atoms with Crippen LogP contribution in [0, 0.1) is 16.7 Å². The van der Waals surface area contributed by atoms with Crippen LogP contribution in [0.15, 0.2) is 29.4 Å². The fourth-order valence-electron chi connectivity index (χ4n) is 0.856. The summed E-state index contributed by atoms with van der Waals surface area (Å²) in [5.74, 6) is -1.14. The molecule has 14 heavy (non-hydrogen) atoms. The lowest BCUT2D eigenvalue weighted by molar-refractivity contribution is -0.435. The number of carbonyl (C=O) groups is 1. The van der Waals surface area contributed by atoms with Crippen molar-refractivity contribution in [2.24, 2.45) is 5.11 Å². The first-order valence-corrected chi connectivity index (χ1v) is 3.55. The summed E-state index contributed by atoms with van der Waals surface area (Å²) in [4.78, 5) is 10.6. The highest BCUT2D eigenvalue weighted by atomic mass is 16.5. The molecule has 0 spiro atoms. The molecule has 0 aliphatic heterocycles. The van der Waals surface area contributed by atoms with E-state index in [-0.39, 0.29) is 16.1 Å². The summed E-state index contributed by atoms with van der Waals surface area (Å²) in [7, 11) is 0. The van der Waals surface area contributed by atoms with Gasteiger partial charge < -0.3 is 10.3 Å². The van der Waals surface area contributed by atoms with Gasteiger partial charge in [-0.05, 0) is 10.9 Å². The second-order valence-corrected chi connectivity index (χ2v) is 2.33. The van der Waals surface area contributed by atoms with Crippen LogP contribution in [0.4, 0.5) is 5.69 Å². The third-order valence-electron chi connectivity index (χ3n) is 1.45. The Balaban J connectivity index is 3.13. The predicted molar refractivity (Wildman–Crippen MR) is 44.7 cm³/mol. The molecule has 6 heteroatoms. The summed E-state index contributed by atoms with van der Waals surface area (Å²) in [5, 5.41) is 30.5. The number of aromatic carboxylic acids is 1. The van der Waals surface area contributed by atoms with Gasteiger partial charge in [0.2, 0.25) is 5.69 Å². The monoisotopic (exact) mass is 191 g/mol. The fourth-order valence-corrected chi connectivity index (χ4v) is 0.856. The van der Waals surface area contributed by atoms with E-state index < -0.39 is 5.97 Å². The maximum Gasteiger partial charge on any atom is 0.335 e. The Morgan fingerprint density at radius 3 is 2.93 bits per heavy atom. The van der Waals surface area contributed by atoms with Gasteiger partial charge in [0.15, 0.2) is 0 Å². The van der Waals surface area contributed by atoms with Crippen molar-refractivity contribution in [3.63, 3.8) is 0 Å². The van der Waals surface area contributed by atoms with E-state index in [0.717, 1.165) is 6.07 Å². The molecule has 0 aliphatic rings. The van der Waals surface area contributed by atoms with Crippen molar-refractivity contribution in [3.8, 4) is 6.19 Å². The van der Waals surface area contributed by atoms with Crippen LogP contribution in [0.2, 0.25) is 0 Å². The molecule has 0 unspecified atom stereocenters. The van der Waals surface area contributed by atoms with Crippen molar-refractivity contribution in [1.29, 1.82) is 5.26 Å². The van der Waals surface area contributed by atoms with Gasteiger partial charge in [-0.2, -0.15) is 5.26 Å². The van der Waals surface area contributed by atoms with Crippen molar-refractivity contribution < 1.29 is 14.8 Å². The Bertz CT molecular complexity index is 434. The van der Waals surface area contributed by atoms with Gasteiger partial charge in [-0.1, -0.05) is 6.07 Å². The Morgan fingerprint density at radius 2 is 2.36 bits per heavy atom. The second-order valence-electron chi connectivity index (χ2n) is 2.33. The molecule has 0 heterocycles. The summed E-state index contributed by atoms with van der Waals surface area (Å²) in [5.41, 5.74) is -0.0251. The van der Waals surface area contributed by atoms with Crippen LogP contribution in [0.5, 0.6) is 0 Å². The first kappa shape index (κ1) is 9.67. The van der Waals surface area contributed by atoms with E-state index >= 15 is 0 Å². The zero-order valence-corrected chi connectivity index (χ0v) is 6.91. The average Bonchev–Trinajstić information content (AvgIpc) is 2.18. The number of nitriles is 1. The molecule has 0 saturated carbocycles. The van der Waals surface area contributed by atoms with Crippen molar-refractivity contribution in [2.45, 2.75) is 0 Å². The zero-order valence-electron chi connectivity index (χ0n) is 6.91. The van der Waals surface area contributed by atoms with Crippen LogP contribution in [0.3, 0.4) is 0 Å². The molecular weight excluding hydrogens is 186 g/mol. The minimum absolute atomic E-state index is 0.00597. The van der Waals surface area contributed by atoms with E-state index in [1.54, 1.807) is 0 Å². The van der Waals surface area contributed by atoms with Crippen molar-refractivity contribution in [1.82, 2.24) is 0 Å². The van der Waals surface area contributed by atoms with Crippen LogP contribution < -0.4 is 0 Å². The quantitative estimate of drug-likeness (QED) is 0.331. The van der Waals surface area contributed by atoms with Gasteiger partial charge in [-0.15, -0.1) is 0 Å². The Morgan fingerprint density at radius 1 is 1.64 bits per heavy atom. The van der Waals surface area contributed by atoms with Crippen molar-refractivity contribution in [2.75, 3.05) is 0 Å². The lowest BCUT2D eigenvalue weighted by Crippen LogP contribution is -1.97. The van der Waals surface area contributed by atoms with Gasteiger partial charge in [0.1, 0.15) is 0 Å². The van der Waals surface area contributed by atoms with E-state index in [1.165, 1.54) is 24.4 Å².